The van der Waals surface area contributed by atoms with Crippen LogP contribution in [0.25, 0.3) is 11.3 Å². The van der Waals surface area contributed by atoms with Crippen LogP contribution in [0.4, 0.5) is 19.0 Å². The molecule has 1 unspecified atom stereocenters. The van der Waals surface area contributed by atoms with Crippen molar-refractivity contribution in [2.24, 2.45) is 0 Å². The topological polar surface area (TPSA) is 57.8 Å². The Labute approximate surface area is 136 Å². The molecular formula is C12H10Cl2F3N3OS. The second-order valence-corrected chi connectivity index (χ2v) is 6.42. The zero-order chi connectivity index (χ0) is 16.7. The predicted molar refractivity (Wildman–Crippen MR) is 80.9 cm³/mol. The molecule has 0 aliphatic rings. The quantitative estimate of drug-likeness (QED) is 0.850. The summed E-state index contributed by atoms with van der Waals surface area (Å²) in [4.78, 5) is 0.283. The Morgan fingerprint density at radius 1 is 1.27 bits per heavy atom. The van der Waals surface area contributed by atoms with Crippen molar-refractivity contribution < 1.29 is 17.4 Å². The number of rotatable bonds is 3. The Kier molecular flexibility index (Phi) is 4.74. The van der Waals surface area contributed by atoms with Crippen molar-refractivity contribution in [3.8, 4) is 11.3 Å². The molecule has 2 aromatic rings. The Bertz CT molecular complexity index is 723. The number of nitrogens with zero attached hydrogens (tertiary/aromatic N) is 1. The molecule has 0 aliphatic carbocycles. The van der Waals surface area contributed by atoms with Gasteiger partial charge in [-0.05, 0) is 12.1 Å². The summed E-state index contributed by atoms with van der Waals surface area (Å²) < 4.78 is 50.1. The maximum Gasteiger partial charge on any atom is 0.416 e. The largest absolute Gasteiger partial charge is 0.416 e. The monoisotopic (exact) mass is 371 g/mol. The zero-order valence-electron chi connectivity index (χ0n) is 11.3. The standard InChI is InChI=1S/C12H10Cl2F3N3OS/c1-18-11-10(22(2)21)9(19-20-11)8-6(13)3-5(4-7(8)14)12(15,16)17/h3-4H,1-2H3,(H2,18,19,20). The van der Waals surface area contributed by atoms with Crippen LogP contribution >= 0.6 is 23.2 Å². The second-order valence-electron chi connectivity index (χ2n) is 4.29. The summed E-state index contributed by atoms with van der Waals surface area (Å²) in [5.41, 5.74) is -0.622. The first-order chi connectivity index (χ1) is 10.2. The van der Waals surface area contributed by atoms with Gasteiger partial charge in [-0.15, -0.1) is 0 Å². The van der Waals surface area contributed by atoms with Gasteiger partial charge in [0.25, 0.3) is 0 Å². The molecule has 0 spiro atoms. The van der Waals surface area contributed by atoms with E-state index in [-0.39, 0.29) is 26.2 Å². The van der Waals surface area contributed by atoms with Crippen molar-refractivity contribution in [2.45, 2.75) is 11.1 Å². The van der Waals surface area contributed by atoms with Crippen molar-refractivity contribution in [2.75, 3.05) is 18.6 Å². The third-order valence-electron chi connectivity index (χ3n) is 2.87. The highest BCUT2D eigenvalue weighted by Crippen LogP contribution is 2.42. The number of aromatic nitrogens is 2. The molecule has 22 heavy (non-hydrogen) atoms. The highest BCUT2D eigenvalue weighted by molar-refractivity contribution is 7.84. The fraction of sp³-hybridized carbons (Fsp3) is 0.250. The van der Waals surface area contributed by atoms with Gasteiger partial charge in [0.05, 0.1) is 32.1 Å². The summed E-state index contributed by atoms with van der Waals surface area (Å²) in [6.45, 7) is 0. The Morgan fingerprint density at radius 3 is 2.23 bits per heavy atom. The summed E-state index contributed by atoms with van der Waals surface area (Å²) in [5, 5.41) is 8.84. The smallest absolute Gasteiger partial charge is 0.371 e. The van der Waals surface area contributed by atoms with E-state index in [9.17, 15) is 17.4 Å². The maximum atomic E-state index is 12.8. The number of hydrogen-bond acceptors (Lipinski definition) is 3. The molecule has 2 rings (SSSR count). The molecule has 4 nitrogen and oxygen atoms in total. The molecule has 1 aromatic carbocycles. The van der Waals surface area contributed by atoms with Crippen LogP contribution in [0, 0.1) is 0 Å². The second kappa shape index (κ2) is 6.10. The van der Waals surface area contributed by atoms with E-state index < -0.39 is 22.5 Å². The van der Waals surface area contributed by atoms with Gasteiger partial charge >= 0.3 is 6.18 Å². The molecule has 1 heterocycles. The lowest BCUT2D eigenvalue weighted by Crippen LogP contribution is -2.05. The number of H-pyrrole nitrogens is 1. The summed E-state index contributed by atoms with van der Waals surface area (Å²) in [6.07, 6.45) is -3.15. The van der Waals surface area contributed by atoms with Gasteiger partial charge in [0.1, 0.15) is 4.90 Å². The molecule has 0 aliphatic heterocycles. The summed E-state index contributed by atoms with van der Waals surface area (Å²) >= 11 is 11.9. The number of nitrogens with one attached hydrogen (secondary N) is 2. The summed E-state index contributed by atoms with van der Waals surface area (Å²) in [6, 6.07) is 1.54. The molecule has 0 saturated heterocycles. The van der Waals surface area contributed by atoms with Crippen LogP contribution in [0.3, 0.4) is 0 Å². The van der Waals surface area contributed by atoms with E-state index in [0.717, 1.165) is 12.1 Å². The van der Waals surface area contributed by atoms with Gasteiger partial charge in [0, 0.05) is 18.9 Å². The third-order valence-corrected chi connectivity index (χ3v) is 4.43. The average molecular weight is 372 g/mol. The van der Waals surface area contributed by atoms with E-state index in [1.54, 1.807) is 7.05 Å². The molecule has 10 heteroatoms. The van der Waals surface area contributed by atoms with Gasteiger partial charge in [-0.25, -0.2) is 0 Å². The molecule has 1 aromatic heterocycles. The van der Waals surface area contributed by atoms with Crippen molar-refractivity contribution in [1.82, 2.24) is 10.2 Å². The van der Waals surface area contributed by atoms with Crippen LogP contribution in [0.1, 0.15) is 5.56 Å². The molecule has 1 atom stereocenters. The highest BCUT2D eigenvalue weighted by Gasteiger charge is 2.33. The van der Waals surface area contributed by atoms with Crippen LogP contribution < -0.4 is 5.32 Å². The Morgan fingerprint density at radius 2 is 1.82 bits per heavy atom. The van der Waals surface area contributed by atoms with Crippen LogP contribution in [-0.2, 0) is 17.0 Å². The van der Waals surface area contributed by atoms with Crippen molar-refractivity contribution in [3.63, 3.8) is 0 Å². The Hall–Kier alpha value is -1.25. The van der Waals surface area contributed by atoms with Gasteiger partial charge in [0.15, 0.2) is 5.82 Å². The fourth-order valence-corrected chi connectivity index (χ4v) is 3.46. The van der Waals surface area contributed by atoms with Crippen molar-refractivity contribution in [3.05, 3.63) is 27.7 Å². The lowest BCUT2D eigenvalue weighted by atomic mass is 10.1. The van der Waals surface area contributed by atoms with Gasteiger partial charge in [-0.2, -0.15) is 18.3 Å². The minimum atomic E-state index is -4.56. The number of benzene rings is 1. The SMILES string of the molecule is CNc1n[nH]c(-c2c(Cl)cc(C(F)(F)F)cc2Cl)c1S(C)=O. The lowest BCUT2D eigenvalue weighted by Gasteiger charge is -2.12. The molecule has 0 saturated carbocycles. The first-order valence-electron chi connectivity index (χ1n) is 5.83. The third kappa shape index (κ3) is 3.09. The van der Waals surface area contributed by atoms with E-state index in [2.05, 4.69) is 15.5 Å². The number of halogens is 5. The van der Waals surface area contributed by atoms with Crippen LogP contribution in [0.5, 0.6) is 0 Å². The number of anilines is 1. The van der Waals surface area contributed by atoms with E-state index >= 15 is 0 Å². The zero-order valence-corrected chi connectivity index (χ0v) is 13.6. The van der Waals surface area contributed by atoms with Gasteiger partial charge in [-0.3, -0.25) is 9.31 Å². The normalized spacial score (nSPS) is 13.2. The number of aromatic amines is 1. The first-order valence-corrected chi connectivity index (χ1v) is 8.14. The fourth-order valence-electron chi connectivity index (χ4n) is 1.93. The predicted octanol–water partition coefficient (Wildman–Crippen LogP) is 4.18. The molecule has 0 bridgehead atoms. The van der Waals surface area contributed by atoms with Crippen LogP contribution in [-0.4, -0.2) is 27.7 Å². The van der Waals surface area contributed by atoms with E-state index in [0.29, 0.717) is 5.82 Å². The average Bonchev–Trinajstić information content (AvgIpc) is 2.80. The summed E-state index contributed by atoms with van der Waals surface area (Å²) in [5.74, 6) is 0.308. The maximum absolute atomic E-state index is 12.8. The van der Waals surface area contributed by atoms with Crippen molar-refractivity contribution in [1.29, 1.82) is 0 Å². The lowest BCUT2D eigenvalue weighted by molar-refractivity contribution is -0.137. The van der Waals surface area contributed by atoms with Crippen molar-refractivity contribution >= 4 is 39.8 Å². The van der Waals surface area contributed by atoms with Crippen LogP contribution in [0.2, 0.25) is 10.0 Å². The highest BCUT2D eigenvalue weighted by atomic mass is 35.5. The van der Waals surface area contributed by atoms with Crippen LogP contribution in [0.15, 0.2) is 17.0 Å². The van der Waals surface area contributed by atoms with Gasteiger partial charge in [0.2, 0.25) is 0 Å². The number of hydrogen-bond donors (Lipinski definition) is 2. The van der Waals surface area contributed by atoms with E-state index in [4.69, 9.17) is 23.2 Å². The minimum absolute atomic E-state index is 0.121. The molecule has 0 fully saturated rings. The van der Waals surface area contributed by atoms with E-state index in [1.165, 1.54) is 6.26 Å². The van der Waals surface area contributed by atoms with E-state index in [1.807, 2.05) is 0 Å². The van der Waals surface area contributed by atoms with Gasteiger partial charge < -0.3 is 5.32 Å². The first kappa shape index (κ1) is 17.1. The molecule has 0 amide bonds. The Balaban J connectivity index is 2.69. The molecular weight excluding hydrogens is 362 g/mol. The minimum Gasteiger partial charge on any atom is -0.371 e. The summed E-state index contributed by atoms with van der Waals surface area (Å²) in [7, 11) is 0.120. The molecule has 120 valence electrons. The molecule has 2 N–H and O–H groups in total. The van der Waals surface area contributed by atoms with Gasteiger partial charge in [-0.1, -0.05) is 23.2 Å². The number of alkyl halides is 3. The molecule has 0 radical (unpaired) electrons.